The Morgan fingerprint density at radius 2 is 1.90 bits per heavy atom. The fourth-order valence-electron chi connectivity index (χ4n) is 2.64. The Morgan fingerprint density at radius 3 is 2.42 bits per heavy atom. The lowest BCUT2D eigenvalue weighted by molar-refractivity contribution is -0.192. The summed E-state index contributed by atoms with van der Waals surface area (Å²) in [6.45, 7) is 4.15. The van der Waals surface area contributed by atoms with E-state index in [2.05, 4.69) is 9.47 Å². The predicted octanol–water partition coefficient (Wildman–Crippen LogP) is 0.845. The van der Waals surface area contributed by atoms with Gasteiger partial charge in [-0.25, -0.2) is 13.2 Å². The van der Waals surface area contributed by atoms with Gasteiger partial charge in [0, 0.05) is 57.9 Å². The second-order valence-electron chi connectivity index (χ2n) is 7.15. The number of hydrogen-bond donors (Lipinski definition) is 1. The molecule has 0 fully saturated rings. The van der Waals surface area contributed by atoms with Gasteiger partial charge in [-0.3, -0.25) is 9.69 Å². The Hall–Kier alpha value is -2.12. The zero-order chi connectivity index (χ0) is 23.8. The molecule has 1 aromatic rings. The first-order valence-electron chi connectivity index (χ1n) is 9.43. The molecule has 0 saturated heterocycles. The van der Waals surface area contributed by atoms with Crippen molar-refractivity contribution >= 4 is 21.7 Å². The van der Waals surface area contributed by atoms with Crippen molar-refractivity contribution in [3.05, 3.63) is 24.0 Å². The van der Waals surface area contributed by atoms with E-state index in [-0.39, 0.29) is 30.1 Å². The average Bonchev–Trinajstić information content (AvgIpc) is 3.02. The van der Waals surface area contributed by atoms with Crippen molar-refractivity contribution in [3.63, 3.8) is 0 Å². The number of sulfone groups is 1. The van der Waals surface area contributed by atoms with E-state index in [1.54, 1.807) is 21.0 Å². The van der Waals surface area contributed by atoms with Crippen LogP contribution in [-0.2, 0) is 37.3 Å². The first-order chi connectivity index (χ1) is 14.2. The smallest absolute Gasteiger partial charge is 0.475 e. The summed E-state index contributed by atoms with van der Waals surface area (Å²) >= 11 is 0. The van der Waals surface area contributed by atoms with Gasteiger partial charge in [-0.05, 0) is 12.1 Å². The van der Waals surface area contributed by atoms with Gasteiger partial charge in [0.2, 0.25) is 5.91 Å². The van der Waals surface area contributed by atoms with Crippen LogP contribution in [0.5, 0.6) is 0 Å². The first-order valence-corrected chi connectivity index (χ1v) is 11.3. The van der Waals surface area contributed by atoms with Gasteiger partial charge < -0.3 is 19.3 Å². The van der Waals surface area contributed by atoms with Crippen molar-refractivity contribution in [2.75, 3.05) is 45.3 Å². The molecule has 1 amide bonds. The number of carbonyl (C=O) groups is 2. The molecule has 0 saturated carbocycles. The van der Waals surface area contributed by atoms with Crippen LogP contribution in [0, 0.1) is 0 Å². The molecule has 9 nitrogen and oxygen atoms in total. The van der Waals surface area contributed by atoms with Crippen LogP contribution in [0.2, 0.25) is 0 Å². The Bertz CT molecular complexity index is 839. The van der Waals surface area contributed by atoms with Crippen LogP contribution in [0.3, 0.4) is 0 Å². The molecule has 0 spiro atoms. The van der Waals surface area contributed by atoms with Gasteiger partial charge in [-0.2, -0.15) is 13.2 Å². The summed E-state index contributed by atoms with van der Waals surface area (Å²) in [6, 6.07) is 4.01. The van der Waals surface area contributed by atoms with Gasteiger partial charge in [0.05, 0.1) is 11.9 Å². The quantitative estimate of drug-likeness (QED) is 0.628. The van der Waals surface area contributed by atoms with E-state index >= 15 is 0 Å². The maximum Gasteiger partial charge on any atom is 0.490 e. The number of carboxylic acids is 1. The number of aromatic nitrogens is 1. The third-order valence-corrected chi connectivity index (χ3v) is 6.20. The standard InChI is InChI=1S/C16H27N3O4S.C2HF3O2/c1-4-24(21,22)9-8-18-10-14-6-5-7-19(14)12-15(11-18)23-13-16(20)17(2)3;3-2(4,5)1(6)7/h5-7,15H,4,8-13H2,1-3H3;(H,6,7). The summed E-state index contributed by atoms with van der Waals surface area (Å²) in [4.78, 5) is 24.2. The molecule has 2 heterocycles. The van der Waals surface area contributed by atoms with E-state index < -0.39 is 22.0 Å². The molecular weight excluding hydrogens is 443 g/mol. The molecule has 1 aliphatic heterocycles. The lowest BCUT2D eigenvalue weighted by Crippen LogP contribution is -2.38. The van der Waals surface area contributed by atoms with E-state index in [0.717, 1.165) is 5.69 Å². The molecule has 1 atom stereocenters. The zero-order valence-electron chi connectivity index (χ0n) is 17.6. The highest BCUT2D eigenvalue weighted by molar-refractivity contribution is 7.91. The second-order valence-corrected chi connectivity index (χ2v) is 9.62. The topological polar surface area (TPSA) is 109 Å². The molecule has 2 rings (SSSR count). The Labute approximate surface area is 179 Å². The highest BCUT2D eigenvalue weighted by atomic mass is 32.2. The minimum Gasteiger partial charge on any atom is -0.475 e. The first kappa shape index (κ1) is 26.9. The number of rotatable bonds is 7. The third kappa shape index (κ3) is 9.70. The number of amides is 1. The number of aliphatic carboxylic acids is 1. The molecule has 0 bridgehead atoms. The number of hydrogen-bond acceptors (Lipinski definition) is 6. The molecule has 178 valence electrons. The number of halogens is 3. The van der Waals surface area contributed by atoms with Crippen LogP contribution in [0.25, 0.3) is 0 Å². The fourth-order valence-corrected chi connectivity index (χ4v) is 3.46. The summed E-state index contributed by atoms with van der Waals surface area (Å²) in [6.07, 6.45) is -3.24. The molecule has 1 N–H and O–H groups in total. The summed E-state index contributed by atoms with van der Waals surface area (Å²) in [5.41, 5.74) is 1.13. The monoisotopic (exact) mass is 471 g/mol. The average molecular weight is 471 g/mol. The number of fused-ring (bicyclic) bond motifs is 1. The zero-order valence-corrected chi connectivity index (χ0v) is 18.4. The minimum absolute atomic E-state index is 0.0371. The maximum atomic E-state index is 11.8. The van der Waals surface area contributed by atoms with Gasteiger partial charge >= 0.3 is 12.1 Å². The highest BCUT2D eigenvalue weighted by Gasteiger charge is 2.38. The lowest BCUT2D eigenvalue weighted by Gasteiger charge is -2.24. The number of alkyl halides is 3. The second kappa shape index (κ2) is 11.5. The van der Waals surface area contributed by atoms with Crippen LogP contribution in [-0.4, -0.2) is 97.3 Å². The largest absolute Gasteiger partial charge is 0.490 e. The Kier molecular flexibility index (Phi) is 9.97. The van der Waals surface area contributed by atoms with Gasteiger partial charge in [0.25, 0.3) is 0 Å². The van der Waals surface area contributed by atoms with Crippen LogP contribution in [0.4, 0.5) is 13.2 Å². The summed E-state index contributed by atoms with van der Waals surface area (Å²) < 4.78 is 63.2. The summed E-state index contributed by atoms with van der Waals surface area (Å²) in [5.74, 6) is -2.53. The fraction of sp³-hybridized carbons (Fsp3) is 0.667. The van der Waals surface area contributed by atoms with E-state index in [9.17, 15) is 26.4 Å². The van der Waals surface area contributed by atoms with Crippen molar-refractivity contribution in [1.82, 2.24) is 14.4 Å². The Balaban J connectivity index is 0.000000592. The number of likely N-dealkylation sites (N-methyl/N-ethyl adjacent to an activating group) is 1. The van der Waals surface area contributed by atoms with Crippen molar-refractivity contribution in [2.24, 2.45) is 0 Å². The van der Waals surface area contributed by atoms with Gasteiger partial charge in [-0.15, -0.1) is 0 Å². The molecular formula is C18H28F3N3O6S. The molecule has 31 heavy (non-hydrogen) atoms. The number of ether oxygens (including phenoxy) is 1. The van der Waals surface area contributed by atoms with Gasteiger partial charge in [0.1, 0.15) is 6.61 Å². The van der Waals surface area contributed by atoms with E-state index in [1.165, 1.54) is 4.90 Å². The van der Waals surface area contributed by atoms with E-state index in [0.29, 0.717) is 26.2 Å². The Morgan fingerprint density at radius 1 is 1.29 bits per heavy atom. The SMILES string of the molecule is CCS(=O)(=O)CCN1Cc2cccn2CC(OCC(=O)N(C)C)C1.O=C(O)C(F)(F)F. The van der Waals surface area contributed by atoms with Crippen LogP contribution < -0.4 is 0 Å². The molecule has 1 aliphatic rings. The number of nitrogens with zero attached hydrogens (tertiary/aromatic N) is 3. The molecule has 1 unspecified atom stereocenters. The number of carboxylic acid groups (broad SMARTS) is 1. The molecule has 0 radical (unpaired) electrons. The molecule has 13 heteroatoms. The van der Waals surface area contributed by atoms with Crippen LogP contribution in [0.15, 0.2) is 18.3 Å². The normalized spacial score (nSPS) is 17.2. The van der Waals surface area contributed by atoms with Crippen LogP contribution in [0.1, 0.15) is 12.6 Å². The highest BCUT2D eigenvalue weighted by Crippen LogP contribution is 2.16. The lowest BCUT2D eigenvalue weighted by atomic mass is 10.3. The van der Waals surface area contributed by atoms with Crippen molar-refractivity contribution in [1.29, 1.82) is 0 Å². The molecule has 0 aliphatic carbocycles. The predicted molar refractivity (Wildman–Crippen MR) is 106 cm³/mol. The van der Waals surface area contributed by atoms with Crippen molar-refractivity contribution < 1.29 is 41.0 Å². The maximum absolute atomic E-state index is 11.8. The van der Waals surface area contributed by atoms with Crippen molar-refractivity contribution in [3.8, 4) is 0 Å². The van der Waals surface area contributed by atoms with Gasteiger partial charge in [-0.1, -0.05) is 6.92 Å². The minimum atomic E-state index is -5.08. The van der Waals surface area contributed by atoms with Crippen molar-refractivity contribution in [2.45, 2.75) is 32.3 Å². The van der Waals surface area contributed by atoms with Gasteiger partial charge in [0.15, 0.2) is 9.84 Å². The van der Waals surface area contributed by atoms with E-state index in [1.807, 2.05) is 18.3 Å². The summed E-state index contributed by atoms with van der Waals surface area (Å²) in [7, 11) is 0.399. The van der Waals surface area contributed by atoms with E-state index in [4.69, 9.17) is 14.6 Å². The number of carbonyl (C=O) groups excluding carboxylic acids is 1. The summed E-state index contributed by atoms with van der Waals surface area (Å²) in [5, 5.41) is 7.12. The third-order valence-electron chi connectivity index (χ3n) is 4.51. The molecule has 0 aromatic carbocycles. The van der Waals surface area contributed by atoms with Crippen LogP contribution >= 0.6 is 0 Å². The molecule has 1 aromatic heterocycles.